The minimum Gasteiger partial charge on any atom is -0.299 e. The molecule has 1 atom stereocenters. The van der Waals surface area contributed by atoms with Gasteiger partial charge in [-0.2, -0.15) is 0 Å². The highest BCUT2D eigenvalue weighted by Gasteiger charge is 2.27. The average molecular weight is 252 g/mol. The van der Waals surface area contributed by atoms with Crippen molar-refractivity contribution in [3.05, 3.63) is 59.7 Å². The molecule has 2 heterocycles. The van der Waals surface area contributed by atoms with Crippen LogP contribution >= 0.6 is 0 Å². The largest absolute Gasteiger partial charge is 0.299 e. The van der Waals surface area contributed by atoms with Crippen molar-refractivity contribution in [2.75, 3.05) is 0 Å². The second-order valence-corrected chi connectivity index (χ2v) is 4.96. The van der Waals surface area contributed by atoms with Crippen molar-refractivity contribution in [1.82, 2.24) is 9.97 Å². The summed E-state index contributed by atoms with van der Waals surface area (Å²) in [6, 6.07) is 9.72. The number of rotatable bonds is 3. The van der Waals surface area contributed by atoms with Gasteiger partial charge < -0.3 is 0 Å². The van der Waals surface area contributed by atoms with E-state index in [-0.39, 0.29) is 11.7 Å². The van der Waals surface area contributed by atoms with Gasteiger partial charge in [-0.05, 0) is 43.0 Å². The van der Waals surface area contributed by atoms with Gasteiger partial charge in [0.25, 0.3) is 0 Å². The number of fused-ring (bicyclic) bond motifs is 1. The van der Waals surface area contributed by atoms with Crippen LogP contribution in [0.1, 0.15) is 35.7 Å². The summed E-state index contributed by atoms with van der Waals surface area (Å²) in [5.41, 5.74) is 3.05. The van der Waals surface area contributed by atoms with Gasteiger partial charge in [0.1, 0.15) is 5.78 Å². The van der Waals surface area contributed by atoms with E-state index in [2.05, 4.69) is 16.0 Å². The number of hydrogen-bond donors (Lipinski definition) is 0. The minimum atomic E-state index is -0.0491. The molecule has 1 aliphatic carbocycles. The highest BCUT2D eigenvalue weighted by molar-refractivity contribution is 5.87. The van der Waals surface area contributed by atoms with Crippen LogP contribution in [0.5, 0.6) is 0 Å². The Morgan fingerprint density at radius 1 is 1.16 bits per heavy atom. The van der Waals surface area contributed by atoms with Crippen molar-refractivity contribution in [3.63, 3.8) is 0 Å². The van der Waals surface area contributed by atoms with Crippen LogP contribution in [0.15, 0.2) is 42.7 Å². The fraction of sp³-hybridized carbons (Fsp3) is 0.312. The molecular weight excluding hydrogens is 236 g/mol. The molecule has 2 aromatic heterocycles. The first-order valence-electron chi connectivity index (χ1n) is 6.71. The zero-order valence-corrected chi connectivity index (χ0v) is 10.7. The second kappa shape index (κ2) is 5.31. The lowest BCUT2D eigenvalue weighted by Crippen LogP contribution is -2.21. The maximum Gasteiger partial charge on any atom is 0.147 e. The maximum atomic E-state index is 12.5. The number of aromatic nitrogens is 2. The number of carbonyl (C=O) groups excluding carboxylic acids is 1. The van der Waals surface area contributed by atoms with Crippen LogP contribution in [0.4, 0.5) is 0 Å². The summed E-state index contributed by atoms with van der Waals surface area (Å²) in [6.07, 6.45) is 6.94. The molecule has 3 nitrogen and oxygen atoms in total. The van der Waals surface area contributed by atoms with Gasteiger partial charge in [0.05, 0.1) is 11.6 Å². The predicted molar refractivity (Wildman–Crippen MR) is 72.9 cm³/mol. The van der Waals surface area contributed by atoms with E-state index < -0.39 is 0 Å². The summed E-state index contributed by atoms with van der Waals surface area (Å²) >= 11 is 0. The molecule has 19 heavy (non-hydrogen) atoms. The zero-order valence-electron chi connectivity index (χ0n) is 10.7. The summed E-state index contributed by atoms with van der Waals surface area (Å²) in [5.74, 6) is 0.185. The molecule has 0 aromatic carbocycles. The zero-order chi connectivity index (χ0) is 13.1. The van der Waals surface area contributed by atoms with Crippen molar-refractivity contribution in [2.45, 2.75) is 31.6 Å². The normalized spacial score (nSPS) is 17.8. The van der Waals surface area contributed by atoms with Crippen molar-refractivity contribution >= 4 is 5.78 Å². The molecule has 0 bridgehead atoms. The van der Waals surface area contributed by atoms with E-state index >= 15 is 0 Å². The predicted octanol–water partition coefficient (Wildman–Crippen LogP) is 2.71. The molecule has 1 aliphatic rings. The van der Waals surface area contributed by atoms with Crippen LogP contribution in [-0.2, 0) is 17.6 Å². The highest BCUT2D eigenvalue weighted by Crippen LogP contribution is 2.31. The molecule has 0 saturated heterocycles. The molecule has 0 radical (unpaired) electrons. The van der Waals surface area contributed by atoms with E-state index in [1.54, 1.807) is 12.4 Å². The minimum absolute atomic E-state index is 0.0491. The van der Waals surface area contributed by atoms with Gasteiger partial charge in [-0.3, -0.25) is 14.8 Å². The fourth-order valence-corrected chi connectivity index (χ4v) is 2.73. The lowest BCUT2D eigenvalue weighted by Gasteiger charge is -2.22. The van der Waals surface area contributed by atoms with E-state index in [1.807, 2.05) is 24.3 Å². The molecule has 0 aliphatic heterocycles. The molecule has 0 saturated carbocycles. The van der Waals surface area contributed by atoms with Crippen molar-refractivity contribution in [2.24, 2.45) is 0 Å². The van der Waals surface area contributed by atoms with Gasteiger partial charge in [-0.25, -0.2) is 0 Å². The van der Waals surface area contributed by atoms with Crippen LogP contribution in [0.2, 0.25) is 0 Å². The van der Waals surface area contributed by atoms with E-state index in [0.717, 1.165) is 30.7 Å². The molecule has 0 spiro atoms. The van der Waals surface area contributed by atoms with E-state index in [9.17, 15) is 4.79 Å². The lowest BCUT2D eigenvalue weighted by molar-refractivity contribution is -0.120. The Morgan fingerprint density at radius 3 is 2.89 bits per heavy atom. The second-order valence-electron chi connectivity index (χ2n) is 4.96. The Labute approximate surface area is 112 Å². The van der Waals surface area contributed by atoms with Gasteiger partial charge in [0.15, 0.2) is 0 Å². The maximum absolute atomic E-state index is 12.5. The van der Waals surface area contributed by atoms with Crippen molar-refractivity contribution < 1.29 is 4.79 Å². The Morgan fingerprint density at radius 2 is 2.05 bits per heavy atom. The topological polar surface area (TPSA) is 42.9 Å². The lowest BCUT2D eigenvalue weighted by atomic mass is 9.83. The summed E-state index contributed by atoms with van der Waals surface area (Å²) < 4.78 is 0. The third-order valence-electron chi connectivity index (χ3n) is 3.67. The molecule has 96 valence electrons. The summed E-state index contributed by atoms with van der Waals surface area (Å²) in [5, 5.41) is 0. The van der Waals surface area contributed by atoms with Gasteiger partial charge in [-0.15, -0.1) is 0 Å². The van der Waals surface area contributed by atoms with Gasteiger partial charge in [-0.1, -0.05) is 12.1 Å². The van der Waals surface area contributed by atoms with E-state index in [1.165, 1.54) is 5.56 Å². The van der Waals surface area contributed by atoms with Gasteiger partial charge >= 0.3 is 0 Å². The summed E-state index contributed by atoms with van der Waals surface area (Å²) in [6.45, 7) is 0. The third-order valence-corrected chi connectivity index (χ3v) is 3.67. The number of hydrogen-bond acceptors (Lipinski definition) is 3. The highest BCUT2D eigenvalue weighted by atomic mass is 16.1. The summed E-state index contributed by atoms with van der Waals surface area (Å²) in [4.78, 5) is 21.1. The number of Topliss-reactive ketones (excluding diaryl/α,β-unsaturated/α-hetero) is 1. The Hall–Kier alpha value is -2.03. The van der Waals surface area contributed by atoms with Crippen LogP contribution < -0.4 is 0 Å². The molecule has 1 unspecified atom stereocenters. The first-order chi connectivity index (χ1) is 9.34. The Kier molecular flexibility index (Phi) is 3.36. The Balaban J connectivity index is 1.82. The van der Waals surface area contributed by atoms with E-state index in [4.69, 9.17) is 0 Å². The molecular formula is C16H16N2O. The number of nitrogens with zero attached hydrogens (tertiary/aromatic N) is 2. The third kappa shape index (κ3) is 2.55. The van der Waals surface area contributed by atoms with Crippen molar-refractivity contribution in [1.29, 1.82) is 0 Å². The molecule has 2 aromatic rings. The van der Waals surface area contributed by atoms with Gasteiger partial charge in [0, 0.05) is 24.5 Å². The van der Waals surface area contributed by atoms with Gasteiger partial charge in [0.2, 0.25) is 0 Å². The van der Waals surface area contributed by atoms with Crippen LogP contribution in [0.25, 0.3) is 0 Å². The number of ketones is 1. The van der Waals surface area contributed by atoms with Crippen molar-refractivity contribution in [3.8, 4) is 0 Å². The molecule has 3 heteroatoms. The van der Waals surface area contributed by atoms with E-state index in [0.29, 0.717) is 6.42 Å². The molecule has 0 fully saturated rings. The monoisotopic (exact) mass is 252 g/mol. The number of pyridine rings is 2. The number of carbonyl (C=O) groups is 1. The molecule has 3 rings (SSSR count). The van der Waals surface area contributed by atoms with Crippen LogP contribution in [0, 0.1) is 0 Å². The fourth-order valence-electron chi connectivity index (χ4n) is 2.73. The molecule has 0 N–H and O–H groups in total. The smallest absolute Gasteiger partial charge is 0.147 e. The first kappa shape index (κ1) is 12.0. The van der Waals surface area contributed by atoms with Crippen LogP contribution in [0.3, 0.4) is 0 Å². The first-order valence-corrected chi connectivity index (χ1v) is 6.71. The quantitative estimate of drug-likeness (QED) is 0.843. The SMILES string of the molecule is O=C(Cc1ccccn1)C1CCCc2cccnc21. The standard InChI is InChI=1S/C16H16N2O/c19-15(11-13-7-1-2-9-17-13)14-8-3-5-12-6-4-10-18-16(12)14/h1-2,4,6-7,9-10,14H,3,5,8,11H2. The summed E-state index contributed by atoms with van der Waals surface area (Å²) in [7, 11) is 0. The number of aryl methyl sites for hydroxylation is 1. The Bertz CT molecular complexity index is 580. The average Bonchev–Trinajstić information content (AvgIpc) is 2.47. The molecule has 0 amide bonds. The van der Waals surface area contributed by atoms with Crippen LogP contribution in [-0.4, -0.2) is 15.8 Å².